The highest BCUT2D eigenvalue weighted by Gasteiger charge is 2.53. The third kappa shape index (κ3) is 3.80. The number of carbonyl (C=O) groups excluding carboxylic acids is 1. The van der Waals surface area contributed by atoms with Crippen LogP contribution in [-0.4, -0.2) is 29.8 Å². The van der Waals surface area contributed by atoms with Crippen LogP contribution in [0.1, 0.15) is 83.9 Å². The van der Waals surface area contributed by atoms with E-state index in [1.807, 2.05) is 0 Å². The quantitative estimate of drug-likeness (QED) is 0.348. The van der Waals surface area contributed by atoms with Crippen molar-refractivity contribution in [3.05, 3.63) is 101 Å². The van der Waals surface area contributed by atoms with Gasteiger partial charge in [0.1, 0.15) is 0 Å². The van der Waals surface area contributed by atoms with Crippen molar-refractivity contribution in [2.75, 3.05) is 18.0 Å². The van der Waals surface area contributed by atoms with E-state index >= 15 is 4.79 Å². The number of benzene rings is 2. The second-order valence-corrected chi connectivity index (χ2v) is 13.0. The molecule has 0 radical (unpaired) electrons. The average Bonchev–Trinajstić information content (AvgIpc) is 3.45. The maximum atomic E-state index is 15.1. The van der Waals surface area contributed by atoms with Gasteiger partial charge in [-0.05, 0) is 35.6 Å². The lowest BCUT2D eigenvalue weighted by molar-refractivity contribution is -0.108. The predicted molar refractivity (Wildman–Crippen MR) is 168 cm³/mol. The first-order valence-electron chi connectivity index (χ1n) is 15.4. The van der Waals surface area contributed by atoms with Crippen LogP contribution in [0.3, 0.4) is 0 Å². The van der Waals surface area contributed by atoms with Crippen molar-refractivity contribution in [1.29, 1.82) is 0 Å². The van der Waals surface area contributed by atoms with E-state index in [1.165, 1.54) is 22.6 Å². The molecule has 0 N–H and O–H groups in total. The van der Waals surface area contributed by atoms with E-state index in [4.69, 9.17) is 0 Å². The fourth-order valence-electron chi connectivity index (χ4n) is 7.87. The van der Waals surface area contributed by atoms with Crippen LogP contribution in [-0.2, 0) is 10.2 Å². The molecule has 6 rings (SSSR count). The van der Waals surface area contributed by atoms with Crippen molar-refractivity contribution >= 4 is 22.6 Å². The molecule has 1 fully saturated rings. The van der Waals surface area contributed by atoms with Crippen molar-refractivity contribution < 1.29 is 4.79 Å². The van der Waals surface area contributed by atoms with Crippen LogP contribution in [0.4, 0.5) is 5.69 Å². The number of allylic oxidation sites excluding steroid dienone is 6. The van der Waals surface area contributed by atoms with Gasteiger partial charge in [-0.15, -0.1) is 0 Å². The van der Waals surface area contributed by atoms with Gasteiger partial charge in [0.25, 0.3) is 0 Å². The molecule has 2 aliphatic carbocycles. The van der Waals surface area contributed by atoms with Gasteiger partial charge in [-0.1, -0.05) is 121 Å². The molecule has 2 aromatic rings. The first-order chi connectivity index (χ1) is 19.2. The molecule has 0 saturated carbocycles. The van der Waals surface area contributed by atoms with Gasteiger partial charge >= 0.3 is 0 Å². The Morgan fingerprint density at radius 2 is 1.35 bits per heavy atom. The number of ketones is 1. The molecule has 0 aromatic heterocycles. The zero-order valence-corrected chi connectivity index (χ0v) is 25.1. The number of anilines is 1. The van der Waals surface area contributed by atoms with Gasteiger partial charge < -0.3 is 9.80 Å². The van der Waals surface area contributed by atoms with Crippen molar-refractivity contribution in [2.45, 2.75) is 78.7 Å². The smallest absolute Gasteiger partial charge is 0.197 e. The normalized spacial score (nSPS) is 27.4. The summed E-state index contributed by atoms with van der Waals surface area (Å²) < 4.78 is 0. The minimum absolute atomic E-state index is 0.159. The Bertz CT molecular complexity index is 1470. The molecule has 1 saturated heterocycles. The fraction of sp³-hybridized carbons (Fsp3) is 0.432. The summed E-state index contributed by atoms with van der Waals surface area (Å²) in [5.41, 5.74) is 8.57. The van der Waals surface area contributed by atoms with Crippen LogP contribution in [0.15, 0.2) is 84.2 Å². The van der Waals surface area contributed by atoms with E-state index in [2.05, 4.69) is 124 Å². The van der Waals surface area contributed by atoms with Crippen molar-refractivity contribution in [1.82, 2.24) is 4.90 Å². The van der Waals surface area contributed by atoms with Crippen LogP contribution in [0.5, 0.6) is 0 Å². The fourth-order valence-corrected chi connectivity index (χ4v) is 7.87. The molecule has 0 amide bonds. The lowest BCUT2D eigenvalue weighted by atomic mass is 9.74. The van der Waals surface area contributed by atoms with Gasteiger partial charge in [0, 0.05) is 46.9 Å². The molecular formula is C37H44N2O. The summed E-state index contributed by atoms with van der Waals surface area (Å²) in [5, 5.41) is 0. The Labute approximate surface area is 241 Å². The average molecular weight is 533 g/mol. The molecule has 3 heteroatoms. The number of fused-ring (bicyclic) bond motifs is 3. The Hall–Kier alpha value is -3.33. The van der Waals surface area contributed by atoms with Gasteiger partial charge in [0.2, 0.25) is 0 Å². The second-order valence-electron chi connectivity index (χ2n) is 13.0. The number of Topliss-reactive ketones (excluding diaryl/α,β-unsaturated/α-hetero) is 1. The van der Waals surface area contributed by atoms with Crippen molar-refractivity contribution in [2.24, 2.45) is 11.3 Å². The molecule has 0 spiro atoms. The lowest BCUT2D eigenvalue weighted by Gasteiger charge is -2.31. The van der Waals surface area contributed by atoms with E-state index in [9.17, 15) is 0 Å². The van der Waals surface area contributed by atoms with Crippen LogP contribution >= 0.6 is 0 Å². The minimum Gasteiger partial charge on any atom is -0.367 e. The monoisotopic (exact) mass is 532 g/mol. The lowest BCUT2D eigenvalue weighted by Crippen LogP contribution is -2.32. The topological polar surface area (TPSA) is 23.6 Å². The molecule has 3 nitrogen and oxygen atoms in total. The van der Waals surface area contributed by atoms with Crippen LogP contribution in [0, 0.1) is 11.3 Å². The standard InChI is InChI=1S/C37H44N2O/c1-7-9-23-38-29-21-15-13-19-27(29)36(3,4)34(38)31-25-17-11-12-18-26(25)32(33(31)40)35-37(5,6)28-20-14-16-22-30(28)39(35)24-10-8-2/h11-22,27,29H,7-10,23-24H2,1-6H3. The molecule has 2 aliphatic heterocycles. The van der Waals surface area contributed by atoms with Gasteiger partial charge in [0.05, 0.1) is 17.2 Å². The zero-order chi connectivity index (χ0) is 28.2. The van der Waals surface area contributed by atoms with Gasteiger partial charge in [-0.3, -0.25) is 4.79 Å². The minimum atomic E-state index is -0.269. The van der Waals surface area contributed by atoms with E-state index in [0.29, 0.717) is 12.0 Å². The van der Waals surface area contributed by atoms with Gasteiger partial charge in [0.15, 0.2) is 5.78 Å². The number of carbonyl (C=O) groups is 1. The number of rotatable bonds is 6. The van der Waals surface area contributed by atoms with Gasteiger partial charge in [-0.25, -0.2) is 0 Å². The number of hydrogen-bond acceptors (Lipinski definition) is 3. The Balaban J connectivity index is 1.63. The van der Waals surface area contributed by atoms with Crippen molar-refractivity contribution in [3.8, 4) is 0 Å². The highest BCUT2D eigenvalue weighted by atomic mass is 16.1. The first kappa shape index (κ1) is 26.9. The Kier molecular flexibility index (Phi) is 6.68. The largest absolute Gasteiger partial charge is 0.367 e. The number of para-hydroxylation sites is 1. The van der Waals surface area contributed by atoms with E-state index in [1.54, 1.807) is 0 Å². The third-order valence-corrected chi connectivity index (χ3v) is 9.81. The highest BCUT2D eigenvalue weighted by Crippen LogP contribution is 2.58. The molecule has 208 valence electrons. The predicted octanol–water partition coefficient (Wildman–Crippen LogP) is 8.54. The molecule has 2 heterocycles. The number of hydrogen-bond donors (Lipinski definition) is 0. The maximum absolute atomic E-state index is 15.1. The summed E-state index contributed by atoms with van der Waals surface area (Å²) in [4.78, 5) is 20.1. The summed E-state index contributed by atoms with van der Waals surface area (Å²) in [6.07, 6.45) is 13.5. The van der Waals surface area contributed by atoms with Crippen molar-refractivity contribution in [3.63, 3.8) is 0 Å². The maximum Gasteiger partial charge on any atom is 0.197 e. The summed E-state index contributed by atoms with van der Waals surface area (Å²) in [6, 6.07) is 17.6. The zero-order valence-electron chi connectivity index (χ0n) is 25.1. The molecular weight excluding hydrogens is 488 g/mol. The number of likely N-dealkylation sites (tertiary alicyclic amines) is 1. The molecule has 2 atom stereocenters. The van der Waals surface area contributed by atoms with Crippen LogP contribution in [0.2, 0.25) is 0 Å². The molecule has 0 bridgehead atoms. The van der Waals surface area contributed by atoms with E-state index < -0.39 is 0 Å². The summed E-state index contributed by atoms with van der Waals surface area (Å²) in [5.74, 6) is 0.552. The van der Waals surface area contributed by atoms with Crippen LogP contribution < -0.4 is 4.90 Å². The number of unbranched alkanes of at least 4 members (excludes halogenated alkanes) is 2. The molecule has 2 unspecified atom stereocenters. The molecule has 40 heavy (non-hydrogen) atoms. The van der Waals surface area contributed by atoms with Crippen LogP contribution in [0.25, 0.3) is 11.1 Å². The number of nitrogens with zero attached hydrogens (tertiary/aromatic N) is 2. The van der Waals surface area contributed by atoms with E-state index in [0.717, 1.165) is 61.0 Å². The molecule has 4 aliphatic rings. The third-order valence-electron chi connectivity index (χ3n) is 9.81. The summed E-state index contributed by atoms with van der Waals surface area (Å²) >= 11 is 0. The Morgan fingerprint density at radius 3 is 2.05 bits per heavy atom. The summed E-state index contributed by atoms with van der Waals surface area (Å²) in [6.45, 7) is 15.7. The molecule has 2 aromatic carbocycles. The first-order valence-corrected chi connectivity index (χ1v) is 15.4. The highest BCUT2D eigenvalue weighted by molar-refractivity contribution is 6.48. The second kappa shape index (κ2) is 9.94. The van der Waals surface area contributed by atoms with E-state index in [-0.39, 0.29) is 16.6 Å². The van der Waals surface area contributed by atoms with Gasteiger partial charge in [-0.2, -0.15) is 0 Å². The summed E-state index contributed by atoms with van der Waals surface area (Å²) in [7, 11) is 0. The Morgan fingerprint density at radius 1 is 0.750 bits per heavy atom. The SMILES string of the molecule is CCCCN1C(=C2C(=O)C(=C3N(CCCC)C4C=CC=CC4C3(C)C)c3ccccc32)C(C)(C)c2ccccc21.